The molecule has 0 spiro atoms. The summed E-state index contributed by atoms with van der Waals surface area (Å²) in [5.41, 5.74) is 0. The highest BCUT2D eigenvalue weighted by Gasteiger charge is 2.19. The molecule has 0 aliphatic carbocycles. The fraction of sp³-hybridized carbons (Fsp3) is 0.727. The van der Waals surface area contributed by atoms with E-state index in [1.165, 1.54) is 19.3 Å². The van der Waals surface area contributed by atoms with Gasteiger partial charge in [-0.05, 0) is 25.3 Å². The maximum absolute atomic E-state index is 10.7. The Hall–Kier alpha value is -0.790. The average Bonchev–Trinajstić information content (AvgIpc) is 2.51. The third-order valence-corrected chi connectivity index (χ3v) is 2.24. The highest BCUT2D eigenvalue weighted by Crippen LogP contribution is 2.15. The van der Waals surface area contributed by atoms with Crippen molar-refractivity contribution in [2.45, 2.75) is 51.6 Å². The van der Waals surface area contributed by atoms with Gasteiger partial charge in [-0.15, -0.1) is 0 Å². The summed E-state index contributed by atoms with van der Waals surface area (Å²) < 4.78 is 5.04. The second kappa shape index (κ2) is 5.79. The molecule has 2 heteroatoms. The van der Waals surface area contributed by atoms with Crippen molar-refractivity contribution in [2.24, 2.45) is 0 Å². The van der Waals surface area contributed by atoms with Crippen molar-refractivity contribution in [2.75, 3.05) is 0 Å². The number of carbonyl (C=O) groups is 1. The summed E-state index contributed by atoms with van der Waals surface area (Å²) in [6.45, 7) is 2.20. The number of carbonyl (C=O) groups excluding carboxylic acids is 1. The molecule has 0 aromatic rings. The molecule has 2 nitrogen and oxygen atoms in total. The Balaban J connectivity index is 2.06. The van der Waals surface area contributed by atoms with Crippen molar-refractivity contribution >= 4 is 5.97 Å². The van der Waals surface area contributed by atoms with Crippen molar-refractivity contribution < 1.29 is 9.53 Å². The van der Waals surface area contributed by atoms with Crippen LogP contribution in [0.1, 0.15) is 45.4 Å². The van der Waals surface area contributed by atoms with Crippen LogP contribution >= 0.6 is 0 Å². The summed E-state index contributed by atoms with van der Waals surface area (Å²) in [5.74, 6) is -0.0526. The molecule has 0 aromatic carbocycles. The number of unbranched alkanes of at least 4 members (excludes halogenated alkanes) is 3. The maximum Gasteiger partial charge on any atom is 0.306 e. The van der Waals surface area contributed by atoms with Gasteiger partial charge in [0, 0.05) is 6.42 Å². The van der Waals surface area contributed by atoms with E-state index in [0.717, 1.165) is 12.8 Å². The Morgan fingerprint density at radius 3 is 3.00 bits per heavy atom. The van der Waals surface area contributed by atoms with Gasteiger partial charge in [-0.2, -0.15) is 0 Å². The summed E-state index contributed by atoms with van der Waals surface area (Å²) in [4.78, 5) is 10.7. The van der Waals surface area contributed by atoms with Gasteiger partial charge in [-0.25, -0.2) is 0 Å². The van der Waals surface area contributed by atoms with Gasteiger partial charge >= 0.3 is 5.97 Å². The first-order valence-corrected chi connectivity index (χ1v) is 5.19. The molecule has 13 heavy (non-hydrogen) atoms. The third kappa shape index (κ3) is 4.11. The highest BCUT2D eigenvalue weighted by atomic mass is 16.5. The predicted molar refractivity (Wildman–Crippen MR) is 52.4 cm³/mol. The van der Waals surface area contributed by atoms with Crippen LogP contribution in [0.5, 0.6) is 0 Å². The van der Waals surface area contributed by atoms with E-state index in [4.69, 9.17) is 4.74 Å². The topological polar surface area (TPSA) is 26.3 Å². The fourth-order valence-electron chi connectivity index (χ4n) is 1.44. The van der Waals surface area contributed by atoms with Gasteiger partial charge in [-0.3, -0.25) is 4.79 Å². The fourth-order valence-corrected chi connectivity index (χ4v) is 1.44. The molecule has 1 heterocycles. The summed E-state index contributed by atoms with van der Waals surface area (Å²) in [7, 11) is 0. The summed E-state index contributed by atoms with van der Waals surface area (Å²) >= 11 is 0. The second-order valence-electron chi connectivity index (χ2n) is 3.49. The van der Waals surface area contributed by atoms with Crippen LogP contribution in [0, 0.1) is 0 Å². The van der Waals surface area contributed by atoms with E-state index < -0.39 is 0 Å². The van der Waals surface area contributed by atoms with Crippen LogP contribution in [0.15, 0.2) is 12.2 Å². The highest BCUT2D eigenvalue weighted by molar-refractivity contribution is 5.71. The van der Waals surface area contributed by atoms with Crippen molar-refractivity contribution in [3.8, 4) is 0 Å². The monoisotopic (exact) mass is 182 g/mol. The van der Waals surface area contributed by atoms with Crippen LogP contribution in [0.2, 0.25) is 0 Å². The van der Waals surface area contributed by atoms with E-state index in [2.05, 4.69) is 13.0 Å². The second-order valence-corrected chi connectivity index (χ2v) is 3.49. The largest absolute Gasteiger partial charge is 0.458 e. The summed E-state index contributed by atoms with van der Waals surface area (Å²) in [5, 5.41) is 0. The molecular formula is C11H18O2. The molecule has 1 rings (SSSR count). The summed E-state index contributed by atoms with van der Waals surface area (Å²) in [6.07, 6.45) is 10.6. The van der Waals surface area contributed by atoms with E-state index >= 15 is 0 Å². The molecule has 0 saturated carbocycles. The Kier molecular flexibility index (Phi) is 4.58. The first-order valence-electron chi connectivity index (χ1n) is 5.19. The first kappa shape index (κ1) is 10.3. The van der Waals surface area contributed by atoms with E-state index in [1.54, 1.807) is 0 Å². The van der Waals surface area contributed by atoms with Gasteiger partial charge in [0.15, 0.2) is 0 Å². The molecule has 0 radical (unpaired) electrons. The molecule has 0 aromatic heterocycles. The van der Waals surface area contributed by atoms with Crippen LogP contribution in [0.3, 0.4) is 0 Å². The van der Waals surface area contributed by atoms with Crippen molar-refractivity contribution in [3.05, 3.63) is 12.2 Å². The molecule has 74 valence electrons. The minimum atomic E-state index is -0.0526. The van der Waals surface area contributed by atoms with Crippen LogP contribution < -0.4 is 0 Å². The number of hydrogen-bond acceptors (Lipinski definition) is 2. The number of allylic oxidation sites excluding steroid dienone is 1. The number of ether oxygens (including phenoxy) is 1. The van der Waals surface area contributed by atoms with E-state index in [0.29, 0.717) is 6.42 Å². The van der Waals surface area contributed by atoms with Gasteiger partial charge in [0.1, 0.15) is 6.10 Å². The molecule has 1 atom stereocenters. The number of hydrogen-bond donors (Lipinski definition) is 0. The maximum atomic E-state index is 10.7. The molecular weight excluding hydrogens is 164 g/mol. The van der Waals surface area contributed by atoms with Crippen LogP contribution in [0.4, 0.5) is 0 Å². The predicted octanol–water partition coefficient (Wildman–Crippen LogP) is 2.83. The first-order chi connectivity index (χ1) is 6.33. The third-order valence-electron chi connectivity index (χ3n) is 2.24. The van der Waals surface area contributed by atoms with E-state index in [-0.39, 0.29) is 12.1 Å². The minimum Gasteiger partial charge on any atom is -0.458 e. The molecule has 0 amide bonds. The lowest BCUT2D eigenvalue weighted by molar-refractivity contribution is -0.139. The Morgan fingerprint density at radius 2 is 2.38 bits per heavy atom. The van der Waals surface area contributed by atoms with Gasteiger partial charge in [0.05, 0.1) is 0 Å². The lowest BCUT2D eigenvalue weighted by Crippen LogP contribution is -2.01. The van der Waals surface area contributed by atoms with Gasteiger partial charge in [-0.1, -0.05) is 25.8 Å². The van der Waals surface area contributed by atoms with Crippen LogP contribution in [-0.2, 0) is 9.53 Å². The quantitative estimate of drug-likeness (QED) is 0.371. The van der Waals surface area contributed by atoms with Crippen molar-refractivity contribution in [1.29, 1.82) is 0 Å². The number of cyclic esters (lactones) is 1. The lowest BCUT2D eigenvalue weighted by Gasteiger charge is -2.01. The lowest BCUT2D eigenvalue weighted by atomic mass is 10.1. The zero-order valence-corrected chi connectivity index (χ0v) is 8.29. The zero-order valence-electron chi connectivity index (χ0n) is 8.29. The molecule has 0 N–H and O–H groups in total. The van der Waals surface area contributed by atoms with Crippen molar-refractivity contribution in [1.82, 2.24) is 0 Å². The standard InChI is InChI=1S/C11H18O2/c1-2-3-4-5-6-7-10-8-9-11(12)13-10/h6-7,10H,2-5,8-9H2,1H3/b7-6+. The van der Waals surface area contributed by atoms with E-state index in [1.807, 2.05) is 6.08 Å². The molecule has 1 aliphatic rings. The molecule has 1 fully saturated rings. The minimum absolute atomic E-state index is 0.0526. The van der Waals surface area contributed by atoms with Gasteiger partial charge in [0.2, 0.25) is 0 Å². The van der Waals surface area contributed by atoms with Gasteiger partial charge in [0.25, 0.3) is 0 Å². The molecule has 1 aliphatic heterocycles. The SMILES string of the molecule is CCCCC/C=C/C1CCC(=O)O1. The van der Waals surface area contributed by atoms with Crippen LogP contribution in [0.25, 0.3) is 0 Å². The molecule has 0 bridgehead atoms. The number of rotatable bonds is 5. The van der Waals surface area contributed by atoms with Crippen LogP contribution in [-0.4, -0.2) is 12.1 Å². The Labute approximate surface area is 80.0 Å². The van der Waals surface area contributed by atoms with Crippen molar-refractivity contribution in [3.63, 3.8) is 0 Å². The van der Waals surface area contributed by atoms with Gasteiger partial charge < -0.3 is 4.74 Å². The molecule has 1 unspecified atom stereocenters. The zero-order chi connectivity index (χ0) is 9.52. The molecule has 1 saturated heterocycles. The smallest absolute Gasteiger partial charge is 0.306 e. The normalized spacial score (nSPS) is 22.5. The Bertz CT molecular complexity index is 185. The Morgan fingerprint density at radius 1 is 1.54 bits per heavy atom. The number of esters is 1. The summed E-state index contributed by atoms with van der Waals surface area (Å²) in [6, 6.07) is 0. The average molecular weight is 182 g/mol. The van der Waals surface area contributed by atoms with E-state index in [9.17, 15) is 4.79 Å².